The summed E-state index contributed by atoms with van der Waals surface area (Å²) in [5.41, 5.74) is 1.29. The topological polar surface area (TPSA) is 52.7 Å². The minimum absolute atomic E-state index is 0.0422. The number of hydrogen-bond donors (Lipinski definition) is 1. The third-order valence-electron chi connectivity index (χ3n) is 5.31. The summed E-state index contributed by atoms with van der Waals surface area (Å²) in [4.78, 5) is 29.0. The fraction of sp³-hybridized carbons (Fsp3) is 0.667. The molecule has 164 valence electrons. The van der Waals surface area contributed by atoms with E-state index in [0.29, 0.717) is 25.8 Å². The highest BCUT2D eigenvalue weighted by molar-refractivity contribution is 5.79. The van der Waals surface area contributed by atoms with Crippen LogP contribution in [-0.2, 0) is 16.0 Å². The van der Waals surface area contributed by atoms with Crippen LogP contribution in [0.1, 0.15) is 65.4 Å². The van der Waals surface area contributed by atoms with Gasteiger partial charge in [-0.25, -0.2) is 0 Å². The molecule has 5 nitrogen and oxygen atoms in total. The molecule has 0 saturated carbocycles. The molecule has 1 rings (SSSR count). The van der Waals surface area contributed by atoms with Crippen LogP contribution in [0.3, 0.4) is 0 Å². The van der Waals surface area contributed by atoms with E-state index < -0.39 is 0 Å². The highest BCUT2D eigenvalue weighted by atomic mass is 16.2. The summed E-state index contributed by atoms with van der Waals surface area (Å²) < 4.78 is 0. The Hall–Kier alpha value is -1.88. The van der Waals surface area contributed by atoms with Crippen LogP contribution in [0.15, 0.2) is 30.3 Å². The van der Waals surface area contributed by atoms with Crippen molar-refractivity contribution in [1.29, 1.82) is 0 Å². The molecule has 0 spiro atoms. The minimum atomic E-state index is 0.0422. The molecule has 1 aromatic rings. The summed E-state index contributed by atoms with van der Waals surface area (Å²) in [6.07, 6.45) is 4.35. The lowest BCUT2D eigenvalue weighted by molar-refractivity contribution is -0.131. The first-order valence-corrected chi connectivity index (χ1v) is 11.4. The first kappa shape index (κ1) is 25.2. The van der Waals surface area contributed by atoms with Gasteiger partial charge in [0.15, 0.2) is 0 Å². The van der Waals surface area contributed by atoms with Gasteiger partial charge in [0.05, 0.1) is 0 Å². The zero-order chi connectivity index (χ0) is 21.5. The SMILES string of the molecule is CCCN(CCC)C(=O)CCCC(=O)NCC(Cc1ccccc1)N(CC)CC. The van der Waals surface area contributed by atoms with Crippen LogP contribution in [0.5, 0.6) is 0 Å². The first-order chi connectivity index (χ1) is 14.0. The van der Waals surface area contributed by atoms with E-state index in [0.717, 1.165) is 45.4 Å². The Bertz CT molecular complexity index is 567. The average molecular weight is 404 g/mol. The third-order valence-corrected chi connectivity index (χ3v) is 5.31. The van der Waals surface area contributed by atoms with E-state index in [1.807, 2.05) is 11.0 Å². The number of hydrogen-bond acceptors (Lipinski definition) is 3. The van der Waals surface area contributed by atoms with E-state index >= 15 is 0 Å². The molecule has 0 aromatic heterocycles. The van der Waals surface area contributed by atoms with Gasteiger partial charge >= 0.3 is 0 Å². The monoisotopic (exact) mass is 403 g/mol. The molecule has 0 radical (unpaired) electrons. The number of carbonyl (C=O) groups excluding carboxylic acids is 2. The van der Waals surface area contributed by atoms with Crippen LogP contribution in [0.25, 0.3) is 0 Å². The Morgan fingerprint density at radius 1 is 0.931 bits per heavy atom. The van der Waals surface area contributed by atoms with Gasteiger partial charge in [-0.3, -0.25) is 14.5 Å². The second-order valence-electron chi connectivity index (χ2n) is 7.60. The van der Waals surface area contributed by atoms with Crippen molar-refractivity contribution >= 4 is 11.8 Å². The van der Waals surface area contributed by atoms with Crippen LogP contribution in [0.4, 0.5) is 0 Å². The zero-order valence-electron chi connectivity index (χ0n) is 19.0. The molecule has 29 heavy (non-hydrogen) atoms. The molecule has 1 unspecified atom stereocenters. The van der Waals surface area contributed by atoms with E-state index in [1.165, 1.54) is 5.56 Å². The molecule has 0 saturated heterocycles. The fourth-order valence-corrected chi connectivity index (χ4v) is 3.74. The van der Waals surface area contributed by atoms with E-state index in [1.54, 1.807) is 0 Å². The van der Waals surface area contributed by atoms with Crippen LogP contribution < -0.4 is 5.32 Å². The van der Waals surface area contributed by atoms with Gasteiger partial charge in [0.1, 0.15) is 0 Å². The Kier molecular flexibility index (Phi) is 13.0. The normalized spacial score (nSPS) is 12.0. The van der Waals surface area contributed by atoms with Crippen molar-refractivity contribution in [2.75, 3.05) is 32.7 Å². The quantitative estimate of drug-likeness (QED) is 0.484. The molecule has 0 fully saturated rings. The summed E-state index contributed by atoms with van der Waals surface area (Å²) in [5, 5.41) is 3.10. The number of likely N-dealkylation sites (N-methyl/N-ethyl adjacent to an activating group) is 1. The van der Waals surface area contributed by atoms with Crippen LogP contribution in [0, 0.1) is 0 Å². The standard InChI is InChI=1S/C24H41N3O2/c1-5-17-27(18-6-2)24(29)16-12-15-23(28)25-20-22(26(7-3)8-4)19-21-13-10-9-11-14-21/h9-11,13-14,22H,5-8,12,15-20H2,1-4H3,(H,25,28). The molecule has 0 heterocycles. The van der Waals surface area contributed by atoms with Crippen molar-refractivity contribution in [1.82, 2.24) is 15.1 Å². The Morgan fingerprint density at radius 3 is 2.10 bits per heavy atom. The van der Waals surface area contributed by atoms with Crippen molar-refractivity contribution in [2.24, 2.45) is 0 Å². The molecule has 5 heteroatoms. The summed E-state index contributed by atoms with van der Waals surface area (Å²) in [7, 11) is 0. The van der Waals surface area contributed by atoms with Gasteiger partial charge in [0.2, 0.25) is 11.8 Å². The fourth-order valence-electron chi connectivity index (χ4n) is 3.74. The molecule has 1 atom stereocenters. The summed E-state index contributed by atoms with van der Waals surface area (Å²) >= 11 is 0. The second kappa shape index (κ2) is 15.0. The summed E-state index contributed by atoms with van der Waals surface area (Å²) in [6.45, 7) is 12.7. The molecule has 1 aromatic carbocycles. The van der Waals surface area contributed by atoms with Gasteiger partial charge < -0.3 is 10.2 Å². The van der Waals surface area contributed by atoms with E-state index in [4.69, 9.17) is 0 Å². The molecular formula is C24H41N3O2. The van der Waals surface area contributed by atoms with Crippen molar-refractivity contribution in [3.63, 3.8) is 0 Å². The summed E-state index contributed by atoms with van der Waals surface area (Å²) in [5.74, 6) is 0.215. The largest absolute Gasteiger partial charge is 0.355 e. The molecule has 0 aliphatic rings. The predicted octanol–water partition coefficient (Wildman–Crippen LogP) is 3.87. The number of nitrogens with one attached hydrogen (secondary N) is 1. The maximum atomic E-state index is 12.3. The van der Waals surface area contributed by atoms with Gasteiger partial charge in [0, 0.05) is 38.5 Å². The zero-order valence-corrected chi connectivity index (χ0v) is 19.0. The van der Waals surface area contributed by atoms with Crippen molar-refractivity contribution in [2.45, 2.75) is 72.3 Å². The third kappa shape index (κ3) is 9.93. The summed E-state index contributed by atoms with van der Waals surface area (Å²) in [6, 6.07) is 10.7. The van der Waals surface area contributed by atoms with E-state index in [2.05, 4.69) is 62.2 Å². The predicted molar refractivity (Wildman–Crippen MR) is 121 cm³/mol. The van der Waals surface area contributed by atoms with Gasteiger partial charge in [-0.05, 0) is 44.3 Å². The van der Waals surface area contributed by atoms with Crippen molar-refractivity contribution in [3.05, 3.63) is 35.9 Å². The number of nitrogens with zero attached hydrogens (tertiary/aromatic N) is 2. The second-order valence-corrected chi connectivity index (χ2v) is 7.60. The van der Waals surface area contributed by atoms with Crippen molar-refractivity contribution in [3.8, 4) is 0 Å². The Balaban J connectivity index is 2.46. The van der Waals surface area contributed by atoms with Gasteiger partial charge in [-0.15, -0.1) is 0 Å². The molecule has 1 N–H and O–H groups in total. The molecular weight excluding hydrogens is 362 g/mol. The van der Waals surface area contributed by atoms with Crippen LogP contribution in [-0.4, -0.2) is 60.4 Å². The van der Waals surface area contributed by atoms with E-state index in [-0.39, 0.29) is 17.9 Å². The van der Waals surface area contributed by atoms with Crippen LogP contribution in [0.2, 0.25) is 0 Å². The maximum absolute atomic E-state index is 12.3. The maximum Gasteiger partial charge on any atom is 0.222 e. The van der Waals surface area contributed by atoms with Gasteiger partial charge in [-0.2, -0.15) is 0 Å². The first-order valence-electron chi connectivity index (χ1n) is 11.4. The van der Waals surface area contributed by atoms with Gasteiger partial charge in [-0.1, -0.05) is 58.0 Å². The Labute approximate surface area is 177 Å². The lowest BCUT2D eigenvalue weighted by atomic mass is 10.0. The highest BCUT2D eigenvalue weighted by Crippen LogP contribution is 2.09. The number of amides is 2. The number of carbonyl (C=O) groups is 2. The van der Waals surface area contributed by atoms with Crippen molar-refractivity contribution < 1.29 is 9.59 Å². The highest BCUT2D eigenvalue weighted by Gasteiger charge is 2.18. The van der Waals surface area contributed by atoms with Gasteiger partial charge in [0.25, 0.3) is 0 Å². The van der Waals surface area contributed by atoms with E-state index in [9.17, 15) is 9.59 Å². The molecule has 0 aliphatic heterocycles. The average Bonchev–Trinajstić information content (AvgIpc) is 2.73. The molecule has 2 amide bonds. The number of rotatable bonds is 15. The van der Waals surface area contributed by atoms with Crippen LogP contribution >= 0.6 is 0 Å². The smallest absolute Gasteiger partial charge is 0.222 e. The molecule has 0 aliphatic carbocycles. The molecule has 0 bridgehead atoms. The lowest BCUT2D eigenvalue weighted by Crippen LogP contribution is -2.45. The minimum Gasteiger partial charge on any atom is -0.355 e. The number of benzene rings is 1. The Morgan fingerprint density at radius 2 is 1.55 bits per heavy atom. The lowest BCUT2D eigenvalue weighted by Gasteiger charge is -2.30.